The van der Waals surface area contributed by atoms with Crippen molar-refractivity contribution in [2.75, 3.05) is 0 Å². The summed E-state index contributed by atoms with van der Waals surface area (Å²) in [4.78, 5) is 7.58. The van der Waals surface area contributed by atoms with Crippen LogP contribution in [0, 0.1) is 4.77 Å². The first-order valence-corrected chi connectivity index (χ1v) is 7.32. The van der Waals surface area contributed by atoms with Crippen LogP contribution in [0.1, 0.15) is 51.0 Å². The van der Waals surface area contributed by atoms with E-state index < -0.39 is 0 Å². The molecule has 0 aromatic carbocycles. The van der Waals surface area contributed by atoms with Crippen molar-refractivity contribution in [3.05, 3.63) is 23.1 Å². The van der Waals surface area contributed by atoms with Gasteiger partial charge < -0.3 is 9.55 Å². The van der Waals surface area contributed by atoms with E-state index in [0.717, 1.165) is 15.9 Å². The van der Waals surface area contributed by atoms with Gasteiger partial charge in [0, 0.05) is 12.2 Å². The summed E-state index contributed by atoms with van der Waals surface area (Å²) in [5.41, 5.74) is 2.08. The normalized spacial score (nSPS) is 18.7. The summed E-state index contributed by atoms with van der Waals surface area (Å²) in [7, 11) is 0. The SMILES string of the molecule is S=c1[nH]c2ncccc2n1C1CCCCCCC1. The summed E-state index contributed by atoms with van der Waals surface area (Å²) in [6.45, 7) is 0. The maximum Gasteiger partial charge on any atom is 0.179 e. The molecule has 96 valence electrons. The molecular formula is C14H19N3S. The van der Waals surface area contributed by atoms with E-state index in [1.807, 2.05) is 12.3 Å². The molecule has 1 saturated carbocycles. The number of H-pyrrole nitrogens is 1. The molecule has 4 heteroatoms. The van der Waals surface area contributed by atoms with Gasteiger partial charge in [-0.15, -0.1) is 0 Å². The Morgan fingerprint density at radius 1 is 1.17 bits per heavy atom. The fourth-order valence-corrected chi connectivity index (χ4v) is 3.36. The molecule has 0 aliphatic heterocycles. The average Bonchev–Trinajstić information content (AvgIpc) is 2.65. The van der Waals surface area contributed by atoms with Gasteiger partial charge in [0.05, 0.1) is 5.52 Å². The van der Waals surface area contributed by atoms with Crippen molar-refractivity contribution in [3.63, 3.8) is 0 Å². The van der Waals surface area contributed by atoms with Crippen LogP contribution in [0.15, 0.2) is 18.3 Å². The van der Waals surface area contributed by atoms with Crippen molar-refractivity contribution in [3.8, 4) is 0 Å². The van der Waals surface area contributed by atoms with Crippen LogP contribution in [0.25, 0.3) is 11.2 Å². The number of hydrogen-bond donors (Lipinski definition) is 1. The highest BCUT2D eigenvalue weighted by atomic mass is 32.1. The van der Waals surface area contributed by atoms with E-state index in [2.05, 4.69) is 20.6 Å². The molecule has 0 amide bonds. The van der Waals surface area contributed by atoms with Gasteiger partial charge in [-0.25, -0.2) is 4.98 Å². The number of rotatable bonds is 1. The van der Waals surface area contributed by atoms with Crippen LogP contribution in [-0.2, 0) is 0 Å². The van der Waals surface area contributed by atoms with E-state index in [-0.39, 0.29) is 0 Å². The Morgan fingerprint density at radius 3 is 2.67 bits per heavy atom. The van der Waals surface area contributed by atoms with Crippen molar-refractivity contribution < 1.29 is 0 Å². The van der Waals surface area contributed by atoms with Gasteiger partial charge >= 0.3 is 0 Å². The highest BCUT2D eigenvalue weighted by molar-refractivity contribution is 7.71. The van der Waals surface area contributed by atoms with Crippen LogP contribution in [0.5, 0.6) is 0 Å². The predicted octanol–water partition coefficient (Wildman–Crippen LogP) is 4.38. The zero-order chi connectivity index (χ0) is 12.4. The molecule has 0 saturated heterocycles. The number of imidazole rings is 1. The van der Waals surface area contributed by atoms with E-state index in [9.17, 15) is 0 Å². The number of hydrogen-bond acceptors (Lipinski definition) is 2. The molecule has 2 aromatic rings. The third-order valence-corrected chi connectivity index (χ3v) is 4.23. The molecule has 0 atom stereocenters. The van der Waals surface area contributed by atoms with Gasteiger partial charge in [0.15, 0.2) is 10.4 Å². The summed E-state index contributed by atoms with van der Waals surface area (Å²) < 4.78 is 3.12. The lowest BCUT2D eigenvalue weighted by atomic mass is 9.96. The highest BCUT2D eigenvalue weighted by Gasteiger charge is 2.16. The van der Waals surface area contributed by atoms with Gasteiger partial charge in [-0.2, -0.15) is 0 Å². The topological polar surface area (TPSA) is 33.6 Å². The molecule has 1 fully saturated rings. The Bertz CT molecular complexity index is 576. The maximum atomic E-state index is 5.48. The van der Waals surface area contributed by atoms with Crippen LogP contribution >= 0.6 is 12.2 Å². The van der Waals surface area contributed by atoms with Crippen LogP contribution in [0.3, 0.4) is 0 Å². The first-order valence-electron chi connectivity index (χ1n) is 6.91. The molecule has 2 heterocycles. The second kappa shape index (κ2) is 5.22. The maximum absolute atomic E-state index is 5.48. The molecule has 1 aliphatic carbocycles. The Labute approximate surface area is 112 Å². The number of aromatic amines is 1. The van der Waals surface area contributed by atoms with Crippen LogP contribution in [-0.4, -0.2) is 14.5 Å². The molecule has 1 N–H and O–H groups in total. The van der Waals surface area contributed by atoms with Crippen molar-refractivity contribution >= 4 is 23.4 Å². The number of nitrogens with zero attached hydrogens (tertiary/aromatic N) is 2. The molecular weight excluding hydrogens is 242 g/mol. The Hall–Kier alpha value is -1.16. The fourth-order valence-electron chi connectivity index (χ4n) is 3.01. The van der Waals surface area contributed by atoms with Crippen molar-refractivity contribution in [2.24, 2.45) is 0 Å². The second-order valence-electron chi connectivity index (χ2n) is 5.17. The first-order chi connectivity index (χ1) is 8.86. The largest absolute Gasteiger partial charge is 0.315 e. The van der Waals surface area contributed by atoms with Crippen molar-refractivity contribution in [2.45, 2.75) is 51.0 Å². The number of nitrogens with one attached hydrogen (secondary N) is 1. The Morgan fingerprint density at radius 2 is 1.89 bits per heavy atom. The van der Waals surface area contributed by atoms with E-state index >= 15 is 0 Å². The monoisotopic (exact) mass is 261 g/mol. The summed E-state index contributed by atoms with van der Waals surface area (Å²) in [5, 5.41) is 0. The van der Waals surface area contributed by atoms with E-state index in [1.165, 1.54) is 44.9 Å². The van der Waals surface area contributed by atoms with Gasteiger partial charge in [0.25, 0.3) is 0 Å². The smallest absolute Gasteiger partial charge is 0.179 e. The molecule has 18 heavy (non-hydrogen) atoms. The molecule has 0 spiro atoms. The standard InChI is InChI=1S/C14H19N3S/c18-14-16-13-12(9-6-10-15-13)17(14)11-7-4-2-1-3-5-8-11/h6,9-11H,1-5,7-8H2,(H,15,16,18). The van der Waals surface area contributed by atoms with Gasteiger partial charge in [0.1, 0.15) is 0 Å². The third-order valence-electron chi connectivity index (χ3n) is 3.93. The molecule has 1 aliphatic rings. The van der Waals surface area contributed by atoms with Gasteiger partial charge in [-0.1, -0.05) is 32.1 Å². The van der Waals surface area contributed by atoms with Gasteiger partial charge in [-0.3, -0.25) is 0 Å². The Balaban J connectivity index is 2.01. The fraction of sp³-hybridized carbons (Fsp3) is 0.571. The average molecular weight is 261 g/mol. The number of pyridine rings is 1. The summed E-state index contributed by atoms with van der Waals surface area (Å²) in [6.07, 6.45) is 11.1. The minimum absolute atomic E-state index is 0.552. The van der Waals surface area contributed by atoms with Crippen LogP contribution < -0.4 is 0 Å². The third kappa shape index (κ3) is 2.21. The summed E-state index contributed by atoms with van der Waals surface area (Å²) in [5.74, 6) is 0. The lowest BCUT2D eigenvalue weighted by Gasteiger charge is -2.21. The lowest BCUT2D eigenvalue weighted by molar-refractivity contribution is 0.376. The van der Waals surface area contributed by atoms with Crippen molar-refractivity contribution in [1.29, 1.82) is 0 Å². The minimum atomic E-state index is 0.552. The van der Waals surface area contributed by atoms with Gasteiger partial charge in [-0.05, 0) is 37.2 Å². The summed E-state index contributed by atoms with van der Waals surface area (Å²) in [6, 6.07) is 4.66. The molecule has 2 aromatic heterocycles. The second-order valence-corrected chi connectivity index (χ2v) is 5.56. The van der Waals surface area contributed by atoms with E-state index in [4.69, 9.17) is 12.2 Å². The molecule has 0 radical (unpaired) electrons. The van der Waals surface area contributed by atoms with E-state index in [1.54, 1.807) is 0 Å². The summed E-state index contributed by atoms with van der Waals surface area (Å²) >= 11 is 5.48. The number of fused-ring (bicyclic) bond motifs is 1. The zero-order valence-electron chi connectivity index (χ0n) is 10.6. The lowest BCUT2D eigenvalue weighted by Crippen LogP contribution is -2.11. The van der Waals surface area contributed by atoms with E-state index in [0.29, 0.717) is 6.04 Å². The molecule has 3 rings (SSSR count). The quantitative estimate of drug-likeness (QED) is 0.773. The van der Waals surface area contributed by atoms with Crippen LogP contribution in [0.4, 0.5) is 0 Å². The minimum Gasteiger partial charge on any atom is -0.315 e. The molecule has 0 bridgehead atoms. The molecule has 3 nitrogen and oxygen atoms in total. The van der Waals surface area contributed by atoms with Gasteiger partial charge in [0.2, 0.25) is 0 Å². The molecule has 0 unspecified atom stereocenters. The predicted molar refractivity (Wildman–Crippen MR) is 76.3 cm³/mol. The zero-order valence-corrected chi connectivity index (χ0v) is 11.4. The highest BCUT2D eigenvalue weighted by Crippen LogP contribution is 2.29. The number of aromatic nitrogens is 3. The Kier molecular flexibility index (Phi) is 3.46. The van der Waals surface area contributed by atoms with Crippen molar-refractivity contribution in [1.82, 2.24) is 14.5 Å². The first kappa shape index (κ1) is 11.9. The van der Waals surface area contributed by atoms with Crippen LogP contribution in [0.2, 0.25) is 0 Å².